The van der Waals surface area contributed by atoms with Gasteiger partial charge >= 0.3 is 5.97 Å². The number of carbonyl (C=O) groups is 1. The van der Waals surface area contributed by atoms with Gasteiger partial charge in [-0.05, 0) is 35.9 Å². The molecule has 1 unspecified atom stereocenters. The minimum atomic E-state index is -0.994. The van der Waals surface area contributed by atoms with E-state index in [9.17, 15) is 9.90 Å². The summed E-state index contributed by atoms with van der Waals surface area (Å²) in [5, 5.41) is 9.34. The fourth-order valence-corrected chi connectivity index (χ4v) is 4.06. The lowest BCUT2D eigenvalue weighted by atomic mass is 10.1. The van der Waals surface area contributed by atoms with Crippen LogP contribution in [0.3, 0.4) is 0 Å². The SMILES string of the molecule is COC1=Cc2ccccc2N(CCOc2ccccc2CC(OC)C(=O)O)c2ccccc21. The van der Waals surface area contributed by atoms with Gasteiger partial charge in [-0.15, -0.1) is 0 Å². The minimum absolute atomic E-state index is 0.235. The molecule has 1 heterocycles. The van der Waals surface area contributed by atoms with Crippen molar-refractivity contribution in [2.75, 3.05) is 32.3 Å². The smallest absolute Gasteiger partial charge is 0.333 e. The molecule has 1 N–H and O–H groups in total. The number of methoxy groups -OCH3 is 2. The number of carboxylic acid groups (broad SMARTS) is 1. The van der Waals surface area contributed by atoms with Crippen molar-refractivity contribution in [1.82, 2.24) is 0 Å². The van der Waals surface area contributed by atoms with Crippen LogP contribution in [0.25, 0.3) is 11.8 Å². The first-order valence-corrected chi connectivity index (χ1v) is 10.8. The van der Waals surface area contributed by atoms with E-state index in [4.69, 9.17) is 14.2 Å². The number of nitrogens with zero attached hydrogens (tertiary/aromatic N) is 1. The van der Waals surface area contributed by atoms with Crippen molar-refractivity contribution < 1.29 is 24.1 Å². The molecule has 0 spiro atoms. The van der Waals surface area contributed by atoms with Gasteiger partial charge in [0.2, 0.25) is 0 Å². The zero-order valence-electron chi connectivity index (χ0n) is 18.7. The number of rotatable bonds is 9. The maximum absolute atomic E-state index is 11.4. The summed E-state index contributed by atoms with van der Waals surface area (Å²) < 4.78 is 17.0. The lowest BCUT2D eigenvalue weighted by Crippen LogP contribution is -2.26. The summed E-state index contributed by atoms with van der Waals surface area (Å²) in [5.41, 5.74) is 4.99. The Morgan fingerprint density at radius 2 is 1.64 bits per heavy atom. The van der Waals surface area contributed by atoms with E-state index in [0.717, 1.165) is 33.8 Å². The zero-order valence-corrected chi connectivity index (χ0v) is 18.7. The van der Waals surface area contributed by atoms with Crippen LogP contribution in [0.1, 0.15) is 16.7 Å². The summed E-state index contributed by atoms with van der Waals surface area (Å²) in [4.78, 5) is 13.6. The van der Waals surface area contributed by atoms with Crippen LogP contribution in [-0.2, 0) is 20.7 Å². The van der Waals surface area contributed by atoms with E-state index in [1.54, 1.807) is 7.11 Å². The number of carboxylic acids is 1. The molecule has 6 nitrogen and oxygen atoms in total. The fourth-order valence-electron chi connectivity index (χ4n) is 4.06. The van der Waals surface area contributed by atoms with Crippen molar-refractivity contribution in [2.45, 2.75) is 12.5 Å². The van der Waals surface area contributed by atoms with E-state index in [1.807, 2.05) is 48.5 Å². The Balaban J connectivity index is 1.58. The van der Waals surface area contributed by atoms with Gasteiger partial charge in [0.25, 0.3) is 0 Å². The standard InChI is InChI=1S/C27H27NO5/c1-31-25-17-19-9-3-6-12-22(19)28(23-13-7-5-11-21(23)25)15-16-33-24-14-8-4-10-20(24)18-26(32-2)27(29)30/h3-14,17,26H,15-16,18H2,1-2H3,(H,29,30). The summed E-state index contributed by atoms with van der Waals surface area (Å²) in [7, 11) is 3.09. The van der Waals surface area contributed by atoms with Crippen molar-refractivity contribution in [3.63, 3.8) is 0 Å². The highest BCUT2D eigenvalue weighted by atomic mass is 16.5. The van der Waals surface area contributed by atoms with Crippen LogP contribution in [0.4, 0.5) is 11.4 Å². The van der Waals surface area contributed by atoms with Gasteiger partial charge in [0.05, 0.1) is 19.3 Å². The quantitative estimate of drug-likeness (QED) is 0.500. The van der Waals surface area contributed by atoms with Crippen LogP contribution in [0.15, 0.2) is 72.8 Å². The number of benzene rings is 3. The molecule has 1 aliphatic rings. The molecule has 0 aliphatic carbocycles. The first-order chi connectivity index (χ1) is 16.1. The molecule has 0 saturated carbocycles. The molecule has 0 aromatic heterocycles. The summed E-state index contributed by atoms with van der Waals surface area (Å²) in [5.74, 6) is 0.477. The van der Waals surface area contributed by atoms with Crippen molar-refractivity contribution >= 4 is 29.2 Å². The molecule has 1 aliphatic heterocycles. The minimum Gasteiger partial charge on any atom is -0.496 e. The highest BCUT2D eigenvalue weighted by Crippen LogP contribution is 2.39. The molecule has 170 valence electrons. The highest BCUT2D eigenvalue weighted by molar-refractivity contribution is 5.92. The molecule has 0 radical (unpaired) electrons. The molecule has 33 heavy (non-hydrogen) atoms. The zero-order chi connectivity index (χ0) is 23.2. The van der Waals surface area contributed by atoms with E-state index in [-0.39, 0.29) is 6.42 Å². The van der Waals surface area contributed by atoms with Crippen LogP contribution < -0.4 is 9.64 Å². The highest BCUT2D eigenvalue weighted by Gasteiger charge is 2.23. The van der Waals surface area contributed by atoms with Gasteiger partial charge in [-0.2, -0.15) is 0 Å². The number of anilines is 2. The van der Waals surface area contributed by atoms with Crippen molar-refractivity contribution in [3.05, 3.63) is 89.5 Å². The molecule has 1 atom stereocenters. The number of para-hydroxylation sites is 3. The van der Waals surface area contributed by atoms with Gasteiger partial charge in [0.15, 0.2) is 6.10 Å². The third-order valence-corrected chi connectivity index (χ3v) is 5.70. The fraction of sp³-hybridized carbons (Fsp3) is 0.222. The number of aliphatic carboxylic acids is 1. The van der Waals surface area contributed by atoms with E-state index in [0.29, 0.717) is 18.9 Å². The molecular weight excluding hydrogens is 418 g/mol. The summed E-state index contributed by atoms with van der Waals surface area (Å²) in [6.07, 6.45) is 1.37. The van der Waals surface area contributed by atoms with Crippen LogP contribution >= 0.6 is 0 Å². The van der Waals surface area contributed by atoms with E-state index in [2.05, 4.69) is 35.2 Å². The Morgan fingerprint density at radius 3 is 2.39 bits per heavy atom. The van der Waals surface area contributed by atoms with Crippen molar-refractivity contribution in [3.8, 4) is 5.75 Å². The van der Waals surface area contributed by atoms with E-state index < -0.39 is 12.1 Å². The third-order valence-electron chi connectivity index (χ3n) is 5.70. The van der Waals surface area contributed by atoms with Gasteiger partial charge in [0, 0.05) is 30.3 Å². The van der Waals surface area contributed by atoms with Crippen molar-refractivity contribution in [2.24, 2.45) is 0 Å². The Bertz CT molecular complexity index is 1160. The Morgan fingerprint density at radius 1 is 0.939 bits per heavy atom. The van der Waals surface area contributed by atoms with Crippen molar-refractivity contribution in [1.29, 1.82) is 0 Å². The van der Waals surface area contributed by atoms with Crippen LogP contribution in [0.2, 0.25) is 0 Å². The molecule has 0 bridgehead atoms. The number of hydrogen-bond acceptors (Lipinski definition) is 5. The normalized spacial score (nSPS) is 13.3. The maximum atomic E-state index is 11.4. The summed E-state index contributed by atoms with van der Waals surface area (Å²) in [6.45, 7) is 1.01. The van der Waals surface area contributed by atoms with Gasteiger partial charge in [0.1, 0.15) is 18.1 Å². The Kier molecular flexibility index (Phi) is 6.95. The number of fused-ring (bicyclic) bond motifs is 2. The first-order valence-electron chi connectivity index (χ1n) is 10.8. The summed E-state index contributed by atoms with van der Waals surface area (Å²) >= 11 is 0. The second kappa shape index (κ2) is 10.2. The number of hydrogen-bond donors (Lipinski definition) is 1. The molecule has 3 aromatic rings. The van der Waals surface area contributed by atoms with Crippen LogP contribution in [0.5, 0.6) is 5.75 Å². The monoisotopic (exact) mass is 445 g/mol. The second-order valence-corrected chi connectivity index (χ2v) is 7.66. The van der Waals surface area contributed by atoms with E-state index in [1.165, 1.54) is 7.11 Å². The Labute approximate surface area is 193 Å². The lowest BCUT2D eigenvalue weighted by molar-refractivity contribution is -0.148. The average Bonchev–Trinajstić information content (AvgIpc) is 2.98. The van der Waals surface area contributed by atoms with Gasteiger partial charge in [-0.25, -0.2) is 4.79 Å². The predicted octanol–water partition coefficient (Wildman–Crippen LogP) is 5.00. The van der Waals surface area contributed by atoms with Gasteiger partial charge in [-0.3, -0.25) is 0 Å². The van der Waals surface area contributed by atoms with Gasteiger partial charge in [-0.1, -0.05) is 48.5 Å². The Hall–Kier alpha value is -3.77. The maximum Gasteiger partial charge on any atom is 0.333 e. The molecule has 0 fully saturated rings. The van der Waals surface area contributed by atoms with Gasteiger partial charge < -0.3 is 24.2 Å². The lowest BCUT2D eigenvalue weighted by Gasteiger charge is -2.27. The van der Waals surface area contributed by atoms with E-state index >= 15 is 0 Å². The molecule has 3 aromatic carbocycles. The second-order valence-electron chi connectivity index (χ2n) is 7.66. The first kappa shape index (κ1) is 22.4. The van der Waals surface area contributed by atoms with Crippen LogP contribution in [0, 0.1) is 0 Å². The van der Waals surface area contributed by atoms with Crippen LogP contribution in [-0.4, -0.2) is 44.6 Å². The summed E-state index contributed by atoms with van der Waals surface area (Å²) in [6, 6.07) is 23.8. The average molecular weight is 446 g/mol. The molecular formula is C27H27NO5. The molecule has 4 rings (SSSR count). The predicted molar refractivity (Wildman–Crippen MR) is 129 cm³/mol. The molecule has 6 heteroatoms. The largest absolute Gasteiger partial charge is 0.496 e. The molecule has 0 amide bonds. The molecule has 0 saturated heterocycles. The topological polar surface area (TPSA) is 68.2 Å². The third kappa shape index (κ3) is 4.86. The number of ether oxygens (including phenoxy) is 3.